The molecule has 3 nitrogen and oxygen atoms in total. The molecule has 1 aromatic carbocycles. The van der Waals surface area contributed by atoms with E-state index in [1.807, 2.05) is 23.9 Å². The number of aromatic carboxylic acids is 1. The second-order valence-corrected chi connectivity index (χ2v) is 5.29. The quantitative estimate of drug-likeness (QED) is 0.733. The molecule has 0 fully saturated rings. The van der Waals surface area contributed by atoms with E-state index in [2.05, 4.69) is 18.5 Å². The molecule has 0 aromatic heterocycles. The molecule has 0 spiro atoms. The number of rotatable bonds is 7. The van der Waals surface area contributed by atoms with Crippen LogP contribution in [0.1, 0.15) is 29.3 Å². The predicted octanol–water partition coefficient (Wildman–Crippen LogP) is 2.62. The van der Waals surface area contributed by atoms with Crippen LogP contribution in [-0.4, -0.2) is 29.1 Å². The average Bonchev–Trinajstić information content (AvgIpc) is 2.34. The molecule has 17 heavy (non-hydrogen) atoms. The van der Waals surface area contributed by atoms with E-state index in [-0.39, 0.29) is 0 Å². The summed E-state index contributed by atoms with van der Waals surface area (Å²) in [5.74, 6) is -0.877. The third-order valence-corrected chi connectivity index (χ3v) is 3.70. The summed E-state index contributed by atoms with van der Waals surface area (Å²) in [6.45, 7) is 4.00. The van der Waals surface area contributed by atoms with E-state index in [1.54, 1.807) is 12.1 Å². The Labute approximate surface area is 107 Å². The highest BCUT2D eigenvalue weighted by atomic mass is 32.2. The maximum Gasteiger partial charge on any atom is 0.335 e. The molecule has 0 amide bonds. The fraction of sp³-hybridized carbons (Fsp3) is 0.462. The van der Waals surface area contributed by atoms with Crippen LogP contribution in [0.2, 0.25) is 0 Å². The highest BCUT2D eigenvalue weighted by molar-refractivity contribution is 7.99. The van der Waals surface area contributed by atoms with Gasteiger partial charge in [0.2, 0.25) is 0 Å². The van der Waals surface area contributed by atoms with Crippen molar-refractivity contribution in [2.24, 2.45) is 0 Å². The molecule has 1 rings (SSSR count). The van der Waals surface area contributed by atoms with Crippen LogP contribution in [0.15, 0.2) is 24.3 Å². The minimum atomic E-state index is -0.877. The zero-order valence-electron chi connectivity index (χ0n) is 10.3. The molecule has 0 aliphatic rings. The number of hydrogen-bond acceptors (Lipinski definition) is 3. The monoisotopic (exact) mass is 253 g/mol. The lowest BCUT2D eigenvalue weighted by Crippen LogP contribution is -2.17. The lowest BCUT2D eigenvalue weighted by atomic mass is 10.1. The molecule has 0 heterocycles. The molecule has 1 unspecified atom stereocenters. The zero-order chi connectivity index (χ0) is 12.7. The van der Waals surface area contributed by atoms with Gasteiger partial charge in [0.1, 0.15) is 0 Å². The van der Waals surface area contributed by atoms with Crippen molar-refractivity contribution in [2.45, 2.75) is 25.1 Å². The highest BCUT2D eigenvalue weighted by Crippen LogP contribution is 2.08. The van der Waals surface area contributed by atoms with Crippen LogP contribution in [0.4, 0.5) is 0 Å². The van der Waals surface area contributed by atoms with E-state index in [0.29, 0.717) is 10.8 Å². The Balaban J connectivity index is 2.30. The Bertz CT molecular complexity index is 351. The average molecular weight is 253 g/mol. The van der Waals surface area contributed by atoms with Crippen molar-refractivity contribution in [1.29, 1.82) is 0 Å². The van der Waals surface area contributed by atoms with E-state index in [0.717, 1.165) is 25.1 Å². The molecule has 0 aliphatic heterocycles. The molecule has 94 valence electrons. The molecule has 0 bridgehead atoms. The van der Waals surface area contributed by atoms with Gasteiger partial charge in [-0.1, -0.05) is 19.1 Å². The van der Waals surface area contributed by atoms with Gasteiger partial charge in [-0.25, -0.2) is 4.79 Å². The largest absolute Gasteiger partial charge is 0.478 e. The summed E-state index contributed by atoms with van der Waals surface area (Å²) in [5.41, 5.74) is 1.46. The van der Waals surface area contributed by atoms with Gasteiger partial charge >= 0.3 is 5.97 Å². The SMILES string of the molecule is CSC(C)CCNCc1ccc(C(=O)O)cc1. The minimum absolute atomic E-state index is 0.338. The predicted molar refractivity (Wildman–Crippen MR) is 72.7 cm³/mol. The van der Waals surface area contributed by atoms with Gasteiger partial charge in [-0.05, 0) is 36.9 Å². The summed E-state index contributed by atoms with van der Waals surface area (Å²) < 4.78 is 0. The van der Waals surface area contributed by atoms with Gasteiger partial charge in [0.25, 0.3) is 0 Å². The van der Waals surface area contributed by atoms with Crippen LogP contribution in [0.25, 0.3) is 0 Å². The van der Waals surface area contributed by atoms with Crippen molar-refractivity contribution in [1.82, 2.24) is 5.32 Å². The lowest BCUT2D eigenvalue weighted by molar-refractivity contribution is 0.0697. The van der Waals surface area contributed by atoms with Crippen LogP contribution in [0.3, 0.4) is 0 Å². The van der Waals surface area contributed by atoms with Gasteiger partial charge in [0, 0.05) is 11.8 Å². The van der Waals surface area contributed by atoms with Crippen molar-refractivity contribution in [3.8, 4) is 0 Å². The summed E-state index contributed by atoms with van der Waals surface area (Å²) in [7, 11) is 0. The first-order chi connectivity index (χ1) is 8.13. The third-order valence-electron chi connectivity index (χ3n) is 2.66. The Morgan fingerprint density at radius 2 is 2.06 bits per heavy atom. The molecule has 2 N–H and O–H groups in total. The van der Waals surface area contributed by atoms with E-state index in [1.165, 1.54) is 0 Å². The minimum Gasteiger partial charge on any atom is -0.478 e. The third kappa shape index (κ3) is 5.24. The van der Waals surface area contributed by atoms with Gasteiger partial charge in [0.05, 0.1) is 5.56 Å². The molecule has 0 radical (unpaired) electrons. The highest BCUT2D eigenvalue weighted by Gasteiger charge is 2.02. The first-order valence-electron chi connectivity index (χ1n) is 5.69. The van der Waals surface area contributed by atoms with Crippen molar-refractivity contribution < 1.29 is 9.90 Å². The number of carboxylic acids is 1. The number of hydrogen-bond donors (Lipinski definition) is 2. The maximum atomic E-state index is 10.7. The van der Waals surface area contributed by atoms with Crippen LogP contribution < -0.4 is 5.32 Å². The number of nitrogens with one attached hydrogen (secondary N) is 1. The number of benzene rings is 1. The molecule has 0 saturated heterocycles. The molecule has 0 saturated carbocycles. The summed E-state index contributed by atoms with van der Waals surface area (Å²) in [6, 6.07) is 7.00. The first kappa shape index (κ1) is 14.1. The zero-order valence-corrected chi connectivity index (χ0v) is 11.1. The maximum absolute atomic E-state index is 10.7. The van der Waals surface area contributed by atoms with E-state index >= 15 is 0 Å². The summed E-state index contributed by atoms with van der Waals surface area (Å²) >= 11 is 1.87. The first-order valence-corrected chi connectivity index (χ1v) is 6.98. The van der Waals surface area contributed by atoms with Crippen molar-refractivity contribution in [2.75, 3.05) is 12.8 Å². The van der Waals surface area contributed by atoms with Gasteiger partial charge in [0.15, 0.2) is 0 Å². The van der Waals surface area contributed by atoms with E-state index in [9.17, 15) is 4.79 Å². The van der Waals surface area contributed by atoms with Gasteiger partial charge in [-0.2, -0.15) is 11.8 Å². The van der Waals surface area contributed by atoms with Gasteiger partial charge in [-0.3, -0.25) is 0 Å². The van der Waals surface area contributed by atoms with Gasteiger partial charge in [-0.15, -0.1) is 0 Å². The second kappa shape index (κ2) is 7.35. The Hall–Kier alpha value is -1.00. The topological polar surface area (TPSA) is 49.3 Å². The molecule has 1 atom stereocenters. The van der Waals surface area contributed by atoms with Gasteiger partial charge < -0.3 is 10.4 Å². The summed E-state index contributed by atoms with van der Waals surface area (Å²) in [6.07, 6.45) is 3.27. The number of carboxylic acid groups (broad SMARTS) is 1. The lowest BCUT2D eigenvalue weighted by Gasteiger charge is -2.09. The molecule has 0 aliphatic carbocycles. The normalized spacial score (nSPS) is 12.4. The summed E-state index contributed by atoms with van der Waals surface area (Å²) in [4.78, 5) is 10.7. The summed E-state index contributed by atoms with van der Waals surface area (Å²) in [5, 5.41) is 12.8. The number of carbonyl (C=O) groups is 1. The second-order valence-electron chi connectivity index (χ2n) is 4.01. The Morgan fingerprint density at radius 3 is 2.59 bits per heavy atom. The fourth-order valence-electron chi connectivity index (χ4n) is 1.42. The van der Waals surface area contributed by atoms with Crippen molar-refractivity contribution in [3.63, 3.8) is 0 Å². The van der Waals surface area contributed by atoms with Crippen LogP contribution in [-0.2, 0) is 6.54 Å². The molecular formula is C13H19NO2S. The Morgan fingerprint density at radius 1 is 1.41 bits per heavy atom. The van der Waals surface area contributed by atoms with Crippen LogP contribution in [0.5, 0.6) is 0 Å². The van der Waals surface area contributed by atoms with Crippen LogP contribution in [0, 0.1) is 0 Å². The Kier molecular flexibility index (Phi) is 6.08. The van der Waals surface area contributed by atoms with E-state index in [4.69, 9.17) is 5.11 Å². The molecular weight excluding hydrogens is 234 g/mol. The van der Waals surface area contributed by atoms with Crippen molar-refractivity contribution >= 4 is 17.7 Å². The van der Waals surface area contributed by atoms with Crippen LogP contribution >= 0.6 is 11.8 Å². The molecule has 1 aromatic rings. The molecule has 4 heteroatoms. The standard InChI is InChI=1S/C13H19NO2S/c1-10(17-2)7-8-14-9-11-3-5-12(6-4-11)13(15)16/h3-6,10,14H,7-9H2,1-2H3,(H,15,16). The van der Waals surface area contributed by atoms with E-state index < -0.39 is 5.97 Å². The fourth-order valence-corrected chi connectivity index (χ4v) is 1.77. The van der Waals surface area contributed by atoms with Crippen molar-refractivity contribution in [3.05, 3.63) is 35.4 Å². The number of thioether (sulfide) groups is 1. The smallest absolute Gasteiger partial charge is 0.335 e.